The summed E-state index contributed by atoms with van der Waals surface area (Å²) in [6.07, 6.45) is 3.75. The first-order chi connectivity index (χ1) is 17.9. The van der Waals surface area contributed by atoms with Crippen molar-refractivity contribution in [2.24, 2.45) is 0 Å². The first kappa shape index (κ1) is 24.9. The largest absolute Gasteiger partial charge is 0.369 e. The number of rotatable bonds is 7. The number of aromatic amines is 1. The van der Waals surface area contributed by atoms with Crippen LogP contribution in [0.25, 0.3) is 33.5 Å². The minimum absolute atomic E-state index is 0.0226. The second kappa shape index (κ2) is 10.7. The number of aromatic nitrogens is 3. The molecule has 1 aliphatic rings. The van der Waals surface area contributed by atoms with Gasteiger partial charge in [-0.05, 0) is 51.0 Å². The lowest BCUT2D eigenvalue weighted by atomic mass is 10.0. The van der Waals surface area contributed by atoms with Gasteiger partial charge < -0.3 is 24.6 Å². The number of benzene rings is 2. The van der Waals surface area contributed by atoms with E-state index in [1.807, 2.05) is 57.8 Å². The van der Waals surface area contributed by atoms with Crippen molar-refractivity contribution in [2.75, 3.05) is 72.4 Å². The summed E-state index contributed by atoms with van der Waals surface area (Å²) in [5, 5.41) is 0. The molecule has 0 saturated carbocycles. The highest BCUT2D eigenvalue weighted by Gasteiger charge is 2.16. The number of fused-ring (bicyclic) bond motifs is 1. The van der Waals surface area contributed by atoms with Crippen LogP contribution in [0.15, 0.2) is 60.9 Å². The number of nitrogens with one attached hydrogen (secondary N) is 1. The average molecular weight is 498 g/mol. The van der Waals surface area contributed by atoms with Crippen molar-refractivity contribution in [3.05, 3.63) is 66.5 Å². The lowest BCUT2D eigenvalue weighted by Gasteiger charge is -2.34. The van der Waals surface area contributed by atoms with E-state index in [0.29, 0.717) is 12.1 Å². The Bertz CT molecular complexity index is 1350. The third-order valence-corrected chi connectivity index (χ3v) is 7.08. The minimum atomic E-state index is 0.0226. The molecule has 2 aromatic heterocycles. The smallest absolute Gasteiger partial charge is 0.253 e. The van der Waals surface area contributed by atoms with Gasteiger partial charge in [-0.2, -0.15) is 0 Å². The van der Waals surface area contributed by atoms with E-state index in [1.54, 1.807) is 4.90 Å². The molecular formula is C29H35N7O. The van der Waals surface area contributed by atoms with Crippen LogP contribution >= 0.6 is 0 Å². The molecule has 8 heteroatoms. The second-order valence-corrected chi connectivity index (χ2v) is 10.1. The van der Waals surface area contributed by atoms with Crippen LogP contribution in [0.4, 0.5) is 5.69 Å². The van der Waals surface area contributed by atoms with Crippen LogP contribution < -0.4 is 4.90 Å². The van der Waals surface area contributed by atoms with Crippen molar-refractivity contribution >= 4 is 22.8 Å². The minimum Gasteiger partial charge on any atom is -0.369 e. The number of hydrogen-bond donors (Lipinski definition) is 1. The molecule has 0 spiro atoms. The Morgan fingerprint density at radius 3 is 2.27 bits per heavy atom. The molecule has 192 valence electrons. The van der Waals surface area contributed by atoms with Crippen molar-refractivity contribution in [1.29, 1.82) is 0 Å². The topological polar surface area (TPSA) is 71.6 Å². The fourth-order valence-electron chi connectivity index (χ4n) is 4.62. The highest BCUT2D eigenvalue weighted by Crippen LogP contribution is 2.29. The van der Waals surface area contributed by atoms with Crippen molar-refractivity contribution in [3.63, 3.8) is 0 Å². The maximum absolute atomic E-state index is 12.8. The van der Waals surface area contributed by atoms with Crippen LogP contribution in [0.5, 0.6) is 0 Å². The van der Waals surface area contributed by atoms with Gasteiger partial charge in [-0.25, -0.2) is 9.97 Å². The summed E-state index contributed by atoms with van der Waals surface area (Å²) in [4.78, 5) is 34.2. The van der Waals surface area contributed by atoms with E-state index in [1.165, 1.54) is 5.69 Å². The first-order valence-corrected chi connectivity index (χ1v) is 12.8. The molecule has 0 bridgehead atoms. The number of nitrogens with zero attached hydrogens (tertiary/aromatic N) is 6. The predicted octanol–water partition coefficient (Wildman–Crippen LogP) is 3.68. The van der Waals surface area contributed by atoms with Crippen LogP contribution in [0, 0.1) is 0 Å². The number of piperazine rings is 1. The fraction of sp³-hybridized carbons (Fsp3) is 0.345. The molecule has 0 atom stereocenters. The average Bonchev–Trinajstić information content (AvgIpc) is 3.35. The van der Waals surface area contributed by atoms with E-state index < -0.39 is 0 Å². The zero-order valence-corrected chi connectivity index (χ0v) is 22.1. The number of likely N-dealkylation sites (N-methyl/N-ethyl adjacent to an activating group) is 3. The van der Waals surface area contributed by atoms with Crippen LogP contribution in [0.2, 0.25) is 0 Å². The molecule has 5 rings (SSSR count). The maximum atomic E-state index is 12.8. The summed E-state index contributed by atoms with van der Waals surface area (Å²) in [5.41, 5.74) is 7.34. The zero-order valence-electron chi connectivity index (χ0n) is 22.1. The standard InChI is InChI=1S/C29H35N7O/c1-33(2)13-16-35(4)29(37)23-7-5-21(6-8-23)25-19-30-28-27(25)32-26(20-31-28)22-9-11-24(12-10-22)36-17-14-34(3)15-18-36/h5-12,19-20H,13-18H2,1-4H3,(H,30,31). The van der Waals surface area contributed by atoms with Gasteiger partial charge in [0.1, 0.15) is 5.52 Å². The summed E-state index contributed by atoms with van der Waals surface area (Å²) in [5.74, 6) is 0.0226. The van der Waals surface area contributed by atoms with Crippen LogP contribution in [-0.2, 0) is 0 Å². The highest BCUT2D eigenvalue weighted by molar-refractivity contribution is 5.96. The molecule has 4 aromatic rings. The Morgan fingerprint density at radius 2 is 1.59 bits per heavy atom. The van der Waals surface area contributed by atoms with E-state index in [-0.39, 0.29) is 5.91 Å². The first-order valence-electron chi connectivity index (χ1n) is 12.8. The van der Waals surface area contributed by atoms with Gasteiger partial charge in [0.15, 0.2) is 5.65 Å². The van der Waals surface area contributed by atoms with Gasteiger partial charge in [0.25, 0.3) is 5.91 Å². The predicted molar refractivity (Wildman–Crippen MR) is 150 cm³/mol. The number of H-pyrrole nitrogens is 1. The van der Waals surface area contributed by atoms with Crippen molar-refractivity contribution in [2.45, 2.75) is 0 Å². The van der Waals surface area contributed by atoms with E-state index >= 15 is 0 Å². The third kappa shape index (κ3) is 5.50. The van der Waals surface area contributed by atoms with E-state index in [0.717, 1.165) is 66.3 Å². The zero-order chi connectivity index (χ0) is 25.9. The SMILES string of the molecule is CN(C)CCN(C)C(=O)c1ccc(-c2c[nH]c3ncc(-c4ccc(N5CCN(C)CC5)cc4)nc23)cc1. The Balaban J connectivity index is 1.35. The molecule has 3 heterocycles. The number of amides is 1. The Hall–Kier alpha value is -3.75. The molecule has 1 N–H and O–H groups in total. The molecule has 0 aliphatic carbocycles. The normalized spacial score (nSPS) is 14.5. The summed E-state index contributed by atoms with van der Waals surface area (Å²) in [6.45, 7) is 5.78. The molecule has 8 nitrogen and oxygen atoms in total. The van der Waals surface area contributed by atoms with Gasteiger partial charge in [0.2, 0.25) is 0 Å². The molecule has 1 aliphatic heterocycles. The van der Waals surface area contributed by atoms with Crippen LogP contribution in [0.3, 0.4) is 0 Å². The second-order valence-electron chi connectivity index (χ2n) is 10.1. The third-order valence-electron chi connectivity index (χ3n) is 7.08. The molecule has 2 aromatic carbocycles. The van der Waals surface area contributed by atoms with E-state index in [2.05, 4.69) is 56.0 Å². The van der Waals surface area contributed by atoms with Crippen LogP contribution in [0.1, 0.15) is 10.4 Å². The molecule has 1 fully saturated rings. The Morgan fingerprint density at radius 1 is 0.919 bits per heavy atom. The van der Waals surface area contributed by atoms with Gasteiger partial charge in [-0.3, -0.25) is 4.79 Å². The number of carbonyl (C=O) groups is 1. The van der Waals surface area contributed by atoms with Gasteiger partial charge in [0.05, 0.1) is 11.9 Å². The Kier molecular flexibility index (Phi) is 7.21. The van der Waals surface area contributed by atoms with E-state index in [9.17, 15) is 4.79 Å². The van der Waals surface area contributed by atoms with Gasteiger partial charge in [-0.15, -0.1) is 0 Å². The number of carbonyl (C=O) groups excluding carboxylic acids is 1. The molecule has 1 amide bonds. The number of hydrogen-bond acceptors (Lipinski definition) is 6. The number of anilines is 1. The van der Waals surface area contributed by atoms with Gasteiger partial charge in [-0.1, -0.05) is 24.3 Å². The molecule has 0 unspecified atom stereocenters. The lowest BCUT2D eigenvalue weighted by molar-refractivity contribution is 0.0786. The van der Waals surface area contributed by atoms with Crippen LogP contribution in [-0.4, -0.2) is 103 Å². The summed E-state index contributed by atoms with van der Waals surface area (Å²) in [7, 11) is 8.03. The van der Waals surface area contributed by atoms with E-state index in [4.69, 9.17) is 4.98 Å². The van der Waals surface area contributed by atoms with Crippen molar-refractivity contribution in [3.8, 4) is 22.4 Å². The van der Waals surface area contributed by atoms with Crippen molar-refractivity contribution < 1.29 is 4.79 Å². The lowest BCUT2D eigenvalue weighted by Crippen LogP contribution is -2.44. The molecular weight excluding hydrogens is 462 g/mol. The molecule has 37 heavy (non-hydrogen) atoms. The summed E-state index contributed by atoms with van der Waals surface area (Å²) in [6, 6.07) is 16.3. The molecule has 0 radical (unpaired) electrons. The summed E-state index contributed by atoms with van der Waals surface area (Å²) >= 11 is 0. The maximum Gasteiger partial charge on any atom is 0.253 e. The summed E-state index contributed by atoms with van der Waals surface area (Å²) < 4.78 is 0. The van der Waals surface area contributed by atoms with Gasteiger partial charge in [0, 0.05) is 74.9 Å². The molecule has 1 saturated heterocycles. The van der Waals surface area contributed by atoms with Crippen molar-refractivity contribution in [1.82, 2.24) is 29.7 Å². The fourth-order valence-corrected chi connectivity index (χ4v) is 4.62. The highest BCUT2D eigenvalue weighted by atomic mass is 16.2. The monoisotopic (exact) mass is 497 g/mol. The van der Waals surface area contributed by atoms with Gasteiger partial charge >= 0.3 is 0 Å². The Labute approximate surface area is 218 Å². The quantitative estimate of drug-likeness (QED) is 0.420.